The molecule has 150 valence electrons. The Hall–Kier alpha value is -1.52. The van der Waals surface area contributed by atoms with Crippen LogP contribution in [0.4, 0.5) is 0 Å². The molecule has 2 aromatic carbocycles. The average Bonchev–Trinajstić information content (AvgIpc) is 2.96. The fourth-order valence-corrected chi connectivity index (χ4v) is 5.24. The quantitative estimate of drug-likeness (QED) is 0.140. The zero-order valence-corrected chi connectivity index (χ0v) is 20.0. The molecule has 2 aromatic rings. The summed E-state index contributed by atoms with van der Waals surface area (Å²) < 4.78 is 1.31. The molecule has 0 saturated heterocycles. The Labute approximate surface area is 195 Å². The number of thiol groups is 1. The van der Waals surface area contributed by atoms with Gasteiger partial charge in [0.25, 0.3) is 0 Å². The predicted molar refractivity (Wildman–Crippen MR) is 139 cm³/mol. The number of benzene rings is 2. The van der Waals surface area contributed by atoms with Gasteiger partial charge in [0.15, 0.2) is 0 Å². The minimum absolute atomic E-state index is 0.0641. The largest absolute Gasteiger partial charge is 0.143 e. The molecule has 0 amide bonds. The first kappa shape index (κ1) is 22.2. The third-order valence-electron chi connectivity index (χ3n) is 5.80. The van der Waals surface area contributed by atoms with Crippen LogP contribution in [0.1, 0.15) is 49.7 Å². The maximum absolute atomic E-state index is 4.69. The first-order valence-electron chi connectivity index (χ1n) is 10.3. The van der Waals surface area contributed by atoms with E-state index in [9.17, 15) is 0 Å². The number of unbranched alkanes of at least 4 members (excludes halogenated alkanes) is 2. The molecule has 0 heterocycles. The molecule has 0 N–H and O–H groups in total. The summed E-state index contributed by atoms with van der Waals surface area (Å²) in [5, 5.41) is 0. The van der Waals surface area contributed by atoms with E-state index in [-0.39, 0.29) is 5.41 Å². The Kier molecular flexibility index (Phi) is 8.02. The second-order valence-corrected chi connectivity index (χ2v) is 9.38. The van der Waals surface area contributed by atoms with Crippen molar-refractivity contribution in [2.24, 2.45) is 0 Å². The molecular weight excluding hydrogens is 483 g/mol. The summed E-state index contributed by atoms with van der Waals surface area (Å²) in [5.41, 5.74) is 5.81. The second kappa shape index (κ2) is 10.5. The van der Waals surface area contributed by atoms with Crippen molar-refractivity contribution in [1.29, 1.82) is 0 Å². The fraction of sp³-hybridized carbons (Fsp3) is 0.259. The lowest BCUT2D eigenvalue weighted by Gasteiger charge is -2.33. The van der Waals surface area contributed by atoms with Gasteiger partial charge >= 0.3 is 0 Å². The van der Waals surface area contributed by atoms with Crippen LogP contribution in [0.25, 0.3) is 11.1 Å². The lowest BCUT2D eigenvalue weighted by molar-refractivity contribution is 0.421. The maximum Gasteiger partial charge on any atom is 0.0216 e. The van der Waals surface area contributed by atoms with Gasteiger partial charge in [0.2, 0.25) is 0 Å². The highest BCUT2D eigenvalue weighted by molar-refractivity contribution is 14.1. The predicted octanol–water partition coefficient (Wildman–Crippen LogP) is 8.67. The van der Waals surface area contributed by atoms with E-state index in [0.29, 0.717) is 0 Å². The van der Waals surface area contributed by atoms with Crippen LogP contribution in [-0.4, -0.2) is 0 Å². The minimum atomic E-state index is 0.0641. The van der Waals surface area contributed by atoms with Crippen molar-refractivity contribution in [3.05, 3.63) is 101 Å². The fourth-order valence-electron chi connectivity index (χ4n) is 4.55. The van der Waals surface area contributed by atoms with Gasteiger partial charge in [-0.05, 0) is 108 Å². The van der Waals surface area contributed by atoms with Crippen LogP contribution in [0, 0.1) is 3.57 Å². The molecule has 0 aliphatic heterocycles. The van der Waals surface area contributed by atoms with Crippen LogP contribution < -0.4 is 0 Å². The van der Waals surface area contributed by atoms with E-state index in [0.717, 1.165) is 43.4 Å². The van der Waals surface area contributed by atoms with E-state index in [2.05, 4.69) is 109 Å². The van der Waals surface area contributed by atoms with Gasteiger partial charge in [0.05, 0.1) is 0 Å². The van der Waals surface area contributed by atoms with E-state index in [1.807, 2.05) is 12.2 Å². The van der Waals surface area contributed by atoms with Crippen molar-refractivity contribution in [3.63, 3.8) is 0 Å². The Morgan fingerprint density at radius 1 is 0.828 bits per heavy atom. The molecule has 3 rings (SSSR count). The summed E-state index contributed by atoms with van der Waals surface area (Å²) in [4.78, 5) is 1.05. The van der Waals surface area contributed by atoms with Gasteiger partial charge in [-0.25, -0.2) is 0 Å². The topological polar surface area (TPSA) is 0 Å². The maximum atomic E-state index is 4.69. The van der Waals surface area contributed by atoms with Gasteiger partial charge < -0.3 is 0 Å². The first-order chi connectivity index (χ1) is 14.1. The average molecular weight is 512 g/mol. The van der Waals surface area contributed by atoms with E-state index in [4.69, 9.17) is 0 Å². The number of rotatable bonds is 10. The minimum Gasteiger partial charge on any atom is -0.143 e. The third-order valence-corrected chi connectivity index (χ3v) is 6.75. The van der Waals surface area contributed by atoms with Crippen LogP contribution >= 0.6 is 35.2 Å². The molecule has 0 aromatic heterocycles. The lowest BCUT2D eigenvalue weighted by Crippen LogP contribution is -2.25. The molecule has 0 nitrogen and oxygen atoms in total. The van der Waals surface area contributed by atoms with Crippen molar-refractivity contribution in [3.8, 4) is 11.1 Å². The summed E-state index contributed by atoms with van der Waals surface area (Å²) in [6.45, 7) is 7.57. The molecule has 0 fully saturated rings. The summed E-state index contributed by atoms with van der Waals surface area (Å²) in [6.07, 6.45) is 19.1. The lowest BCUT2D eigenvalue weighted by atomic mass is 9.71. The zero-order valence-electron chi connectivity index (χ0n) is 16.9. The van der Waals surface area contributed by atoms with Crippen LogP contribution in [0.5, 0.6) is 0 Å². The van der Waals surface area contributed by atoms with Crippen molar-refractivity contribution in [2.45, 2.75) is 48.8 Å². The van der Waals surface area contributed by atoms with Gasteiger partial charge in [0, 0.05) is 13.9 Å². The summed E-state index contributed by atoms with van der Waals surface area (Å²) >= 11 is 7.14. The standard InChI is InChI=1S/C27H29IS/c1-3-5-7-9-11-17-27(18-12-10-8-6-4-2)25-19-21(28)13-15-23(25)24-16-14-22(29)20-26(24)27/h3-8,13-16,19-20,29H,1-2,9-12,17-18H2/b7-5+,8-6+. The van der Waals surface area contributed by atoms with E-state index in [1.54, 1.807) is 0 Å². The number of fused-ring (bicyclic) bond motifs is 3. The first-order valence-corrected chi connectivity index (χ1v) is 11.8. The van der Waals surface area contributed by atoms with Crippen LogP contribution in [0.15, 0.2) is 90.9 Å². The molecule has 0 atom stereocenters. The molecule has 2 heteroatoms. The number of allylic oxidation sites excluding steroid dienone is 6. The van der Waals surface area contributed by atoms with Crippen molar-refractivity contribution < 1.29 is 0 Å². The number of hydrogen-bond acceptors (Lipinski definition) is 1. The Morgan fingerprint density at radius 2 is 1.38 bits per heavy atom. The van der Waals surface area contributed by atoms with E-state index < -0.39 is 0 Å². The Bertz CT molecular complexity index is 858. The monoisotopic (exact) mass is 512 g/mol. The molecule has 0 unspecified atom stereocenters. The highest BCUT2D eigenvalue weighted by Gasteiger charge is 2.42. The van der Waals surface area contributed by atoms with Gasteiger partial charge in [-0.2, -0.15) is 0 Å². The second-order valence-electron chi connectivity index (χ2n) is 7.61. The van der Waals surface area contributed by atoms with Crippen LogP contribution in [-0.2, 0) is 5.41 Å². The van der Waals surface area contributed by atoms with Crippen LogP contribution in [0.2, 0.25) is 0 Å². The Morgan fingerprint density at radius 3 is 1.97 bits per heavy atom. The smallest absolute Gasteiger partial charge is 0.0216 e. The molecule has 0 spiro atoms. The summed E-state index contributed by atoms with van der Waals surface area (Å²) in [6, 6.07) is 13.6. The van der Waals surface area contributed by atoms with Gasteiger partial charge in [-0.1, -0.05) is 61.7 Å². The summed E-state index contributed by atoms with van der Waals surface area (Å²) in [7, 11) is 0. The van der Waals surface area contributed by atoms with E-state index >= 15 is 0 Å². The van der Waals surface area contributed by atoms with Gasteiger partial charge in [0.1, 0.15) is 0 Å². The molecule has 1 aliphatic rings. The third kappa shape index (κ3) is 4.97. The van der Waals surface area contributed by atoms with Gasteiger partial charge in [-0.3, -0.25) is 0 Å². The van der Waals surface area contributed by atoms with E-state index in [1.165, 1.54) is 25.8 Å². The highest BCUT2D eigenvalue weighted by atomic mass is 127. The van der Waals surface area contributed by atoms with Crippen LogP contribution in [0.3, 0.4) is 0 Å². The molecule has 0 radical (unpaired) electrons. The molecule has 29 heavy (non-hydrogen) atoms. The Balaban J connectivity index is 2.02. The molecular formula is C27H29IS. The van der Waals surface area contributed by atoms with Gasteiger partial charge in [-0.15, -0.1) is 12.6 Å². The summed E-state index contributed by atoms with van der Waals surface area (Å²) in [5.74, 6) is 0. The van der Waals surface area contributed by atoms with Crippen molar-refractivity contribution >= 4 is 35.2 Å². The number of halogens is 1. The zero-order chi connectivity index (χ0) is 20.7. The molecule has 0 saturated carbocycles. The van der Waals surface area contributed by atoms with Crippen molar-refractivity contribution in [1.82, 2.24) is 0 Å². The number of hydrogen-bond donors (Lipinski definition) is 1. The van der Waals surface area contributed by atoms with Crippen molar-refractivity contribution in [2.75, 3.05) is 0 Å². The normalized spacial score (nSPS) is 14.3. The highest BCUT2D eigenvalue weighted by Crippen LogP contribution is 2.54. The SMILES string of the molecule is C=C/C=C/CCCC1(CCC/C=C/C=C)c2cc(S)ccc2-c2ccc(I)cc21. The molecule has 0 bridgehead atoms. The molecule has 1 aliphatic carbocycles.